The van der Waals surface area contributed by atoms with Gasteiger partial charge in [0.1, 0.15) is 65.3 Å². The van der Waals surface area contributed by atoms with Crippen LogP contribution in [0.1, 0.15) is 208 Å². The number of hydrogen-bond donors (Lipinski definition) is 19. The van der Waals surface area contributed by atoms with Crippen molar-refractivity contribution in [3.05, 3.63) is 76.9 Å². The second-order valence-corrected chi connectivity index (χ2v) is 26.4. The van der Waals surface area contributed by atoms with Crippen LogP contribution >= 0.6 is 0 Å². The predicted molar refractivity (Wildman–Crippen MR) is 390 cm³/mol. The fourth-order valence-corrected chi connectivity index (χ4v) is 11.5. The van der Waals surface area contributed by atoms with Crippen LogP contribution in [0.3, 0.4) is 0 Å². The highest BCUT2D eigenvalue weighted by Crippen LogP contribution is 2.50. The van der Waals surface area contributed by atoms with E-state index in [-0.39, 0.29) is 52.1 Å². The number of aromatic carboxylic acids is 1. The summed E-state index contributed by atoms with van der Waals surface area (Å²) in [6.07, 6.45) is 12.4. The number of urea groups is 1. The van der Waals surface area contributed by atoms with Crippen molar-refractivity contribution in [3.63, 3.8) is 0 Å². The number of phenolic OH excluding ortho intramolecular Hbond substituents is 2. The van der Waals surface area contributed by atoms with Gasteiger partial charge in [-0.1, -0.05) is 102 Å². The SMILES string of the molecule is CCCCCCCCCCCCCCCC(=O)NCCCC[C@H](NC(=O)[C@H](C)NC(=O)[C@H](C)NC(=O)[C@H](C)NC(=O)CNC(=O)CNC(=O)CNC(=O)[C@H](CCC(=O)O)NC(=O)[C@H](CCC(=O)O)NC(=O)[C@H](CCC(=O)O)NC(=O)Nc1ccc(C2c3ccc(O)cc3Oc3cc(O)ccc32)c(C(=O)O)c1)C(=O)O. The van der Waals surface area contributed by atoms with Crippen LogP contribution in [0.5, 0.6) is 23.0 Å². The Labute approximate surface area is 628 Å². The van der Waals surface area contributed by atoms with E-state index < -0.39 is 195 Å². The Morgan fingerprint density at radius 2 is 0.807 bits per heavy atom. The Morgan fingerprint density at radius 3 is 1.28 bits per heavy atom. The number of carbonyl (C=O) groups excluding carboxylic acids is 11. The third-order valence-corrected chi connectivity index (χ3v) is 17.5. The lowest BCUT2D eigenvalue weighted by molar-refractivity contribution is -0.142. The van der Waals surface area contributed by atoms with E-state index in [1.807, 2.05) is 0 Å². The molecule has 19 N–H and O–H groups in total. The van der Waals surface area contributed by atoms with Gasteiger partial charge in [0.15, 0.2) is 0 Å². The van der Waals surface area contributed by atoms with Gasteiger partial charge < -0.3 is 104 Å². The summed E-state index contributed by atoms with van der Waals surface area (Å²) in [7, 11) is 0. The Bertz CT molecular complexity index is 3650. The standard InChI is InChI=1S/C73H102N12O24/c1-5-6-7-8-9-10-11-12-13-14-15-16-17-21-57(88)74-34-19-18-20-54(72(106)107)84-67(100)43(4)80-66(99)42(3)79-65(98)41(2)78-60(91)40-76-58(89)38-75-59(90)39-77-68(101)51(28-31-61(92)93)82-69(102)52(29-32-62(94)95)83-70(103)53(30-33-63(96)97)85-73(108)81-44-22-25-47(50(35-44)71(104)105)64-48-26-23-45(86)36-55(48)109-56-37-46(87)24-27-49(56)64/h22-27,35-37,41-43,51-54,64,86-87H,5-21,28-34,38-40H2,1-4H3,(H,74,88)(H,75,90)(H,76,89)(H,77,101)(H,78,91)(H,79,98)(H,80,99)(H,82,102)(H,83,103)(H,84,100)(H,92,93)(H,94,95)(H,96,97)(H,104,105)(H,106,107)(H2,81,85,108)/t41-,42-,43-,51-,52-,53-,54-/m0/s1. The second-order valence-electron chi connectivity index (χ2n) is 26.4. The van der Waals surface area contributed by atoms with Crippen molar-refractivity contribution in [2.24, 2.45) is 0 Å². The van der Waals surface area contributed by atoms with Gasteiger partial charge in [0.05, 0.1) is 25.2 Å². The van der Waals surface area contributed by atoms with E-state index in [4.69, 9.17) is 4.74 Å². The molecule has 0 fully saturated rings. The van der Waals surface area contributed by atoms with Crippen molar-refractivity contribution < 1.29 is 117 Å². The Kier molecular flexibility index (Phi) is 38.8. The van der Waals surface area contributed by atoms with Crippen LogP contribution in [0.2, 0.25) is 0 Å². The first-order valence-electron chi connectivity index (χ1n) is 36.3. The molecule has 0 radical (unpaired) electrons. The summed E-state index contributed by atoms with van der Waals surface area (Å²) in [6, 6.07) is 0.248. The minimum atomic E-state index is -1.88. The number of unbranched alkanes of at least 4 members (excludes halogenated alkanes) is 13. The smallest absolute Gasteiger partial charge is 0.336 e. The number of aliphatic carboxylic acids is 4. The lowest BCUT2D eigenvalue weighted by Gasteiger charge is -2.30. The molecule has 0 bridgehead atoms. The molecule has 7 atom stereocenters. The highest BCUT2D eigenvalue weighted by molar-refractivity contribution is 6.00. The van der Waals surface area contributed by atoms with Crippen molar-refractivity contribution in [2.75, 3.05) is 31.5 Å². The summed E-state index contributed by atoms with van der Waals surface area (Å²) in [5.74, 6) is -17.3. The van der Waals surface area contributed by atoms with Crippen LogP contribution in [0.15, 0.2) is 54.6 Å². The average molecular weight is 1530 g/mol. The van der Waals surface area contributed by atoms with E-state index in [9.17, 15) is 112 Å². The van der Waals surface area contributed by atoms with Crippen molar-refractivity contribution in [1.82, 2.24) is 58.5 Å². The number of amides is 12. The van der Waals surface area contributed by atoms with Gasteiger partial charge in [-0.3, -0.25) is 62.3 Å². The van der Waals surface area contributed by atoms with Crippen molar-refractivity contribution in [3.8, 4) is 23.0 Å². The minimum absolute atomic E-state index is 0.0411. The number of benzene rings is 3. The van der Waals surface area contributed by atoms with Gasteiger partial charge in [-0.2, -0.15) is 0 Å². The summed E-state index contributed by atoms with van der Waals surface area (Å²) in [5.41, 5.74) is 0.525. The Morgan fingerprint density at radius 1 is 0.385 bits per heavy atom. The molecule has 3 aromatic rings. The lowest BCUT2D eigenvalue weighted by Crippen LogP contribution is -2.57. The largest absolute Gasteiger partial charge is 0.508 e. The quantitative estimate of drug-likeness (QED) is 0.0282. The Hall–Kier alpha value is -11.6. The van der Waals surface area contributed by atoms with Gasteiger partial charge in [-0.05, 0) is 95.5 Å². The first-order valence-corrected chi connectivity index (χ1v) is 36.3. The summed E-state index contributed by atoms with van der Waals surface area (Å²) in [5, 5.41) is 96.8. The van der Waals surface area contributed by atoms with E-state index in [1.54, 1.807) is 0 Å². The zero-order chi connectivity index (χ0) is 80.7. The molecule has 0 unspecified atom stereocenters. The highest BCUT2D eigenvalue weighted by atomic mass is 16.5. The molecule has 4 rings (SSSR count). The van der Waals surface area contributed by atoms with Gasteiger partial charge in [0.25, 0.3) is 0 Å². The van der Waals surface area contributed by atoms with E-state index >= 15 is 0 Å². The molecule has 0 aliphatic carbocycles. The zero-order valence-corrected chi connectivity index (χ0v) is 61.5. The first-order chi connectivity index (χ1) is 51.8. The molecular formula is C73H102N12O24. The number of aromatic hydroxyl groups is 2. The first kappa shape index (κ1) is 89.8. The number of carboxylic acids is 5. The maximum Gasteiger partial charge on any atom is 0.336 e. The molecule has 1 heterocycles. The van der Waals surface area contributed by atoms with Gasteiger partial charge >= 0.3 is 35.9 Å². The Balaban J connectivity index is 1.21. The number of carbonyl (C=O) groups is 16. The summed E-state index contributed by atoms with van der Waals surface area (Å²) in [4.78, 5) is 204. The summed E-state index contributed by atoms with van der Waals surface area (Å²) >= 11 is 0. The van der Waals surface area contributed by atoms with Crippen molar-refractivity contribution >= 4 is 101 Å². The van der Waals surface area contributed by atoms with Crippen LogP contribution < -0.4 is 68.5 Å². The van der Waals surface area contributed by atoms with Crippen LogP contribution in [0.25, 0.3) is 0 Å². The van der Waals surface area contributed by atoms with E-state index in [1.165, 1.54) is 127 Å². The second kappa shape index (κ2) is 47.1. The number of anilines is 1. The molecular weight excluding hydrogens is 1430 g/mol. The number of phenols is 2. The predicted octanol–water partition coefficient (Wildman–Crippen LogP) is 3.34. The summed E-state index contributed by atoms with van der Waals surface area (Å²) < 4.78 is 5.91. The minimum Gasteiger partial charge on any atom is -0.508 e. The van der Waals surface area contributed by atoms with Crippen molar-refractivity contribution in [2.45, 2.75) is 224 Å². The third kappa shape index (κ3) is 33.4. The molecule has 0 spiro atoms. The maximum absolute atomic E-state index is 13.9. The number of hydrogen-bond acceptors (Lipinski definition) is 19. The number of carboxylic acid groups (broad SMARTS) is 5. The van der Waals surface area contributed by atoms with Gasteiger partial charge in [0.2, 0.25) is 59.1 Å². The van der Waals surface area contributed by atoms with E-state index in [0.717, 1.165) is 31.7 Å². The fraction of sp³-hybridized carbons (Fsp3) is 0.534. The average Bonchev–Trinajstić information content (AvgIpc) is 0.748. The molecule has 1 aliphatic heterocycles. The van der Waals surface area contributed by atoms with Gasteiger partial charge in [0, 0.05) is 67.1 Å². The zero-order valence-electron chi connectivity index (χ0n) is 61.5. The number of fused-ring (bicyclic) bond motifs is 2. The van der Waals surface area contributed by atoms with E-state index in [2.05, 4.69) is 70.7 Å². The van der Waals surface area contributed by atoms with Crippen molar-refractivity contribution in [1.29, 1.82) is 0 Å². The number of nitrogens with one attached hydrogen (secondary N) is 12. The maximum atomic E-state index is 13.9. The molecule has 1 aliphatic rings. The van der Waals surface area contributed by atoms with E-state index in [0.29, 0.717) is 36.9 Å². The molecule has 3 aromatic carbocycles. The molecule has 0 saturated carbocycles. The topological polar surface area (TPSA) is 568 Å². The van der Waals surface area contributed by atoms with Crippen LogP contribution in [-0.2, 0) is 67.1 Å². The normalized spacial score (nSPS) is 13.3. The molecule has 36 nitrogen and oxygen atoms in total. The molecule has 598 valence electrons. The molecule has 0 saturated heterocycles. The lowest BCUT2D eigenvalue weighted by atomic mass is 9.80. The van der Waals surface area contributed by atoms with Gasteiger partial charge in [-0.25, -0.2) is 14.4 Å². The number of ether oxygens (including phenoxy) is 1. The van der Waals surface area contributed by atoms with Crippen LogP contribution in [0, 0.1) is 0 Å². The highest BCUT2D eigenvalue weighted by Gasteiger charge is 2.35. The van der Waals surface area contributed by atoms with Gasteiger partial charge in [-0.15, -0.1) is 0 Å². The monoisotopic (exact) mass is 1530 g/mol. The summed E-state index contributed by atoms with van der Waals surface area (Å²) in [6.45, 7) is 3.92. The molecule has 0 aromatic heterocycles. The molecule has 12 amide bonds. The van der Waals surface area contributed by atoms with Crippen LogP contribution in [-0.4, -0.2) is 199 Å². The fourth-order valence-electron chi connectivity index (χ4n) is 11.5. The van der Waals surface area contributed by atoms with Crippen LogP contribution in [0.4, 0.5) is 10.5 Å². The molecule has 36 heteroatoms. The third-order valence-electron chi connectivity index (χ3n) is 17.5. The molecule has 109 heavy (non-hydrogen) atoms. The number of rotatable bonds is 51.